The van der Waals surface area contributed by atoms with Crippen LogP contribution in [0.5, 0.6) is 0 Å². The minimum absolute atomic E-state index is 0.101. The van der Waals surface area contributed by atoms with Crippen LogP contribution in [0.2, 0.25) is 0 Å². The Morgan fingerprint density at radius 2 is 1.03 bits per heavy atom. The third-order valence-corrected chi connectivity index (χ3v) is 7.74. The number of anilines is 1. The molecule has 0 aromatic heterocycles. The van der Waals surface area contributed by atoms with Crippen LogP contribution in [0, 0.1) is 5.92 Å². The van der Waals surface area contributed by atoms with Crippen molar-refractivity contribution in [3.63, 3.8) is 0 Å². The first-order valence-corrected chi connectivity index (χ1v) is 21.6. The number of alkyl carbamates (subject to hydrolysis) is 1. The molecule has 0 saturated heterocycles. The summed E-state index contributed by atoms with van der Waals surface area (Å²) in [6.07, 6.45) is 1.76. The summed E-state index contributed by atoms with van der Waals surface area (Å²) in [5, 5.41) is 28.0. The van der Waals surface area contributed by atoms with E-state index in [1.54, 1.807) is 38.1 Å². The number of carbonyl (C=O) groups excluding carboxylic acids is 4. The molecule has 0 radical (unpaired) electrons. The van der Waals surface area contributed by atoms with Gasteiger partial charge in [-0.3, -0.25) is 14.4 Å². The van der Waals surface area contributed by atoms with Gasteiger partial charge >= 0.3 is 12.1 Å². The molecule has 64 heavy (non-hydrogen) atoms. The Kier molecular flexibility index (Phi) is 37.9. The molecule has 21 heteroatoms. The number of benzene rings is 1. The summed E-state index contributed by atoms with van der Waals surface area (Å²) in [5.74, 6) is -2.62. The van der Waals surface area contributed by atoms with E-state index in [2.05, 4.69) is 28.2 Å². The van der Waals surface area contributed by atoms with E-state index in [4.69, 9.17) is 57.6 Å². The van der Waals surface area contributed by atoms with E-state index < -0.39 is 35.3 Å². The number of aliphatic carboxylic acids is 1. The Morgan fingerprint density at radius 1 is 0.609 bits per heavy atom. The van der Waals surface area contributed by atoms with Crippen molar-refractivity contribution in [2.75, 3.05) is 137 Å². The Balaban J connectivity index is 0.00000286. The van der Waals surface area contributed by atoms with Crippen LogP contribution in [0.3, 0.4) is 0 Å². The summed E-state index contributed by atoms with van der Waals surface area (Å²) in [6.45, 7) is 16.8. The summed E-state index contributed by atoms with van der Waals surface area (Å²) in [4.78, 5) is 58.4. The minimum Gasteiger partial charge on any atom is -0.480 e. The van der Waals surface area contributed by atoms with Crippen LogP contribution in [0.15, 0.2) is 24.3 Å². The molecule has 0 fully saturated rings. The van der Waals surface area contributed by atoms with Gasteiger partial charge in [-0.25, -0.2) is 9.59 Å². The maximum atomic E-state index is 12.6. The largest absolute Gasteiger partial charge is 0.480 e. The summed E-state index contributed by atoms with van der Waals surface area (Å²) in [5.41, 5.74) is 0.850. The summed E-state index contributed by atoms with van der Waals surface area (Å²) >= 11 is 0. The topological polar surface area (TPSA) is 266 Å². The predicted octanol–water partition coefficient (Wildman–Crippen LogP) is 1.92. The van der Waals surface area contributed by atoms with Crippen LogP contribution in [0.25, 0.3) is 0 Å². The molecule has 370 valence electrons. The lowest BCUT2D eigenvalue weighted by Crippen LogP contribution is -2.51. The number of rotatable bonds is 38. The molecular formula is C43H76N4O17. The maximum absolute atomic E-state index is 12.6. The summed E-state index contributed by atoms with van der Waals surface area (Å²) in [6, 6.07) is 5.81. The third-order valence-electron chi connectivity index (χ3n) is 7.74. The molecule has 21 nitrogen and oxygen atoms in total. The molecular weight excluding hydrogens is 844 g/mol. The Morgan fingerprint density at radius 3 is 1.41 bits per heavy atom. The molecule has 1 rings (SSSR count). The number of amides is 4. The second kappa shape index (κ2) is 40.5. The number of unbranched alkanes of at least 4 members (excludes halogenated alkanes) is 1. The van der Waals surface area contributed by atoms with Gasteiger partial charge in [0.15, 0.2) is 0 Å². The highest BCUT2D eigenvalue weighted by Gasteiger charge is 2.24. The lowest BCUT2D eigenvalue weighted by Gasteiger charge is -2.21. The van der Waals surface area contributed by atoms with Crippen molar-refractivity contribution in [3.05, 3.63) is 29.8 Å². The zero-order chi connectivity index (χ0) is 47.7. The van der Waals surface area contributed by atoms with E-state index in [9.17, 15) is 24.0 Å². The monoisotopic (exact) mass is 921 g/mol. The van der Waals surface area contributed by atoms with Crippen molar-refractivity contribution in [2.45, 2.75) is 72.6 Å². The molecule has 0 bridgehead atoms. The standard InChI is InChI=1S/C34H57N3O15.C9H19NO2/c1-27(2)33(34(43)35-23-30(39)36-29-5-3-28(24-38)4-6-29)37-31(40)25-51-21-19-49-17-15-47-13-11-45-9-7-44-8-10-46-12-14-48-16-18-50-20-22-52-26-32(41)42;1-5-6-7-10-8(11)12-9(2,3)4/h3-6,27,33,38H,7-26H2,1-2H3,(H,35,43)(H,36,39)(H,37,40)(H,41,42);5-7H2,1-4H3,(H,10,11). The number of carboxylic acid groups (broad SMARTS) is 1. The molecule has 6 N–H and O–H groups in total. The molecule has 0 aliphatic heterocycles. The number of hydrogen-bond donors (Lipinski definition) is 6. The molecule has 0 heterocycles. The zero-order valence-electron chi connectivity index (χ0n) is 38.7. The van der Waals surface area contributed by atoms with Gasteiger partial charge in [-0.1, -0.05) is 39.3 Å². The van der Waals surface area contributed by atoms with Gasteiger partial charge in [0, 0.05) is 12.2 Å². The lowest BCUT2D eigenvalue weighted by molar-refractivity contribution is -0.142. The molecule has 0 aliphatic carbocycles. The van der Waals surface area contributed by atoms with Crippen LogP contribution in [0.4, 0.5) is 10.5 Å². The molecule has 1 unspecified atom stereocenters. The molecule has 1 aromatic rings. The number of aliphatic hydroxyl groups is 1. The maximum Gasteiger partial charge on any atom is 0.407 e. The first kappa shape index (κ1) is 60.0. The third kappa shape index (κ3) is 39.6. The van der Waals surface area contributed by atoms with E-state index in [-0.39, 0.29) is 58.2 Å². The van der Waals surface area contributed by atoms with Crippen LogP contribution < -0.4 is 21.3 Å². The van der Waals surface area contributed by atoms with Crippen molar-refractivity contribution >= 4 is 35.5 Å². The molecule has 0 saturated carbocycles. The molecule has 1 aromatic carbocycles. The van der Waals surface area contributed by atoms with Gasteiger partial charge < -0.3 is 78.8 Å². The van der Waals surface area contributed by atoms with E-state index >= 15 is 0 Å². The fourth-order valence-corrected chi connectivity index (χ4v) is 4.59. The average Bonchev–Trinajstić information content (AvgIpc) is 3.24. The quantitative estimate of drug-likeness (QED) is 0.0518. The Hall–Kier alpha value is -4.03. The van der Waals surface area contributed by atoms with Crippen molar-refractivity contribution in [2.24, 2.45) is 5.92 Å². The number of nitrogens with one attached hydrogen (secondary N) is 4. The Bertz CT molecular complexity index is 1350. The van der Waals surface area contributed by atoms with Crippen molar-refractivity contribution in [1.29, 1.82) is 0 Å². The molecule has 0 aliphatic rings. The second-order valence-corrected chi connectivity index (χ2v) is 15.0. The number of carbonyl (C=O) groups is 5. The smallest absolute Gasteiger partial charge is 0.407 e. The minimum atomic E-state index is -1.01. The van der Waals surface area contributed by atoms with Crippen LogP contribution in [-0.2, 0) is 73.2 Å². The fourth-order valence-electron chi connectivity index (χ4n) is 4.59. The average molecular weight is 921 g/mol. The van der Waals surface area contributed by atoms with E-state index in [0.29, 0.717) is 104 Å². The lowest BCUT2D eigenvalue weighted by atomic mass is 10.0. The highest BCUT2D eigenvalue weighted by molar-refractivity contribution is 5.96. The van der Waals surface area contributed by atoms with Crippen LogP contribution in [-0.4, -0.2) is 184 Å². The van der Waals surface area contributed by atoms with E-state index in [1.807, 2.05) is 20.8 Å². The molecule has 4 amide bonds. The van der Waals surface area contributed by atoms with Crippen molar-refractivity contribution in [3.8, 4) is 0 Å². The summed E-state index contributed by atoms with van der Waals surface area (Å²) < 4.78 is 53.0. The van der Waals surface area contributed by atoms with Gasteiger partial charge in [0.2, 0.25) is 17.7 Å². The van der Waals surface area contributed by atoms with Crippen molar-refractivity contribution < 1.29 is 81.6 Å². The first-order chi connectivity index (χ1) is 30.7. The van der Waals surface area contributed by atoms with Gasteiger partial charge in [0.25, 0.3) is 0 Å². The summed E-state index contributed by atoms with van der Waals surface area (Å²) in [7, 11) is 0. The van der Waals surface area contributed by atoms with Crippen LogP contribution in [0.1, 0.15) is 59.9 Å². The predicted molar refractivity (Wildman–Crippen MR) is 235 cm³/mol. The Labute approximate surface area is 378 Å². The second-order valence-electron chi connectivity index (χ2n) is 15.0. The number of aliphatic hydroxyl groups excluding tert-OH is 1. The van der Waals surface area contributed by atoms with E-state index in [0.717, 1.165) is 12.8 Å². The van der Waals surface area contributed by atoms with E-state index in [1.165, 1.54) is 0 Å². The van der Waals surface area contributed by atoms with Gasteiger partial charge in [-0.2, -0.15) is 0 Å². The highest BCUT2D eigenvalue weighted by atomic mass is 16.6. The zero-order valence-corrected chi connectivity index (χ0v) is 38.7. The van der Waals surface area contributed by atoms with Gasteiger partial charge in [-0.05, 0) is 50.8 Å². The number of ether oxygens (including phenoxy) is 10. The molecule has 0 spiro atoms. The normalized spacial score (nSPS) is 11.6. The first-order valence-electron chi connectivity index (χ1n) is 21.6. The van der Waals surface area contributed by atoms with Gasteiger partial charge in [0.1, 0.15) is 24.9 Å². The van der Waals surface area contributed by atoms with Gasteiger partial charge in [0.05, 0.1) is 119 Å². The van der Waals surface area contributed by atoms with Crippen molar-refractivity contribution in [1.82, 2.24) is 16.0 Å². The van der Waals surface area contributed by atoms with Gasteiger partial charge in [-0.15, -0.1) is 0 Å². The number of carboxylic acids is 1. The van der Waals surface area contributed by atoms with Crippen LogP contribution >= 0.6 is 0 Å². The fraction of sp³-hybridized carbons (Fsp3) is 0.744. The SMILES string of the molecule is CC(C)C(NC(=O)COCCOCCOCCOCCOCCOCCOCCOCCOCC(=O)O)C(=O)NCC(=O)Nc1ccc(CO)cc1.CCCCNC(=O)OC(C)(C)C. The number of hydrogen-bond acceptors (Lipinski definition) is 16. The highest BCUT2D eigenvalue weighted by Crippen LogP contribution is 2.09. The molecule has 1 atom stereocenters.